The van der Waals surface area contributed by atoms with Gasteiger partial charge in [0.2, 0.25) is 10.0 Å². The van der Waals surface area contributed by atoms with Crippen LogP contribution in [0, 0.1) is 0 Å². The van der Waals surface area contributed by atoms with Crippen LogP contribution in [-0.4, -0.2) is 62.1 Å². The minimum absolute atomic E-state index is 0.0586. The molecule has 3 rings (SSSR count). The molecule has 0 aromatic heterocycles. The molecule has 142 valence electrons. The van der Waals surface area contributed by atoms with E-state index in [-0.39, 0.29) is 23.1 Å². The number of carbonyl (C=O) groups excluding carboxylic acids is 1. The van der Waals surface area contributed by atoms with Gasteiger partial charge in [0, 0.05) is 25.3 Å². The summed E-state index contributed by atoms with van der Waals surface area (Å²) in [5.74, 6) is -1.42. The number of likely N-dealkylation sites (tertiary alicyclic amines) is 1. The van der Waals surface area contributed by atoms with Crippen molar-refractivity contribution >= 4 is 21.9 Å². The van der Waals surface area contributed by atoms with Crippen LogP contribution < -0.4 is 4.72 Å². The van der Waals surface area contributed by atoms with Crippen LogP contribution in [0.2, 0.25) is 0 Å². The first kappa shape index (κ1) is 18.8. The Hall–Kier alpha value is -1.97. The molecule has 1 aromatic rings. The van der Waals surface area contributed by atoms with E-state index in [0.717, 1.165) is 12.8 Å². The molecule has 0 spiro atoms. The summed E-state index contributed by atoms with van der Waals surface area (Å²) in [5, 5.41) is 9.19. The standard InChI is InChI=1S/C17H22N2O6S/c20-16(19-9-1-4-15(19)17(21)22)12-5-7-14(8-6-12)26(23,24)18-11-13-3-2-10-25-13/h5-8,13,15,18H,1-4,9-11H2,(H,21,22). The van der Waals surface area contributed by atoms with Gasteiger partial charge in [0.25, 0.3) is 5.91 Å². The van der Waals surface area contributed by atoms with Gasteiger partial charge < -0.3 is 14.7 Å². The maximum Gasteiger partial charge on any atom is 0.326 e. The zero-order chi connectivity index (χ0) is 18.7. The fraction of sp³-hybridized carbons (Fsp3) is 0.529. The molecular formula is C17H22N2O6S. The number of carboxylic acid groups (broad SMARTS) is 1. The Bertz CT molecular complexity index is 771. The Morgan fingerprint density at radius 1 is 1.19 bits per heavy atom. The van der Waals surface area contributed by atoms with Crippen molar-refractivity contribution in [3.05, 3.63) is 29.8 Å². The molecule has 26 heavy (non-hydrogen) atoms. The SMILES string of the molecule is O=C(O)C1CCCN1C(=O)c1ccc(S(=O)(=O)NCC2CCCO2)cc1. The zero-order valence-electron chi connectivity index (χ0n) is 14.3. The minimum Gasteiger partial charge on any atom is -0.480 e. The van der Waals surface area contributed by atoms with Gasteiger partial charge in [0.05, 0.1) is 11.0 Å². The van der Waals surface area contributed by atoms with E-state index in [2.05, 4.69) is 4.72 Å². The zero-order valence-corrected chi connectivity index (χ0v) is 15.1. The summed E-state index contributed by atoms with van der Waals surface area (Å²) >= 11 is 0. The van der Waals surface area contributed by atoms with Crippen molar-refractivity contribution in [2.75, 3.05) is 19.7 Å². The largest absolute Gasteiger partial charge is 0.480 e. The van der Waals surface area contributed by atoms with Crippen molar-refractivity contribution < 1.29 is 27.9 Å². The van der Waals surface area contributed by atoms with Crippen LogP contribution in [0.4, 0.5) is 0 Å². The second-order valence-electron chi connectivity index (χ2n) is 6.51. The molecule has 0 saturated carbocycles. The summed E-state index contributed by atoms with van der Waals surface area (Å²) in [6.45, 7) is 1.26. The molecule has 8 nitrogen and oxygen atoms in total. The van der Waals surface area contributed by atoms with Crippen LogP contribution in [0.1, 0.15) is 36.0 Å². The highest BCUT2D eigenvalue weighted by Gasteiger charge is 2.34. The minimum atomic E-state index is -3.68. The van der Waals surface area contributed by atoms with Crippen LogP contribution in [0.15, 0.2) is 29.2 Å². The van der Waals surface area contributed by atoms with E-state index in [4.69, 9.17) is 4.74 Å². The molecule has 2 fully saturated rings. The topological polar surface area (TPSA) is 113 Å². The van der Waals surface area contributed by atoms with E-state index in [9.17, 15) is 23.1 Å². The number of ether oxygens (including phenoxy) is 1. The van der Waals surface area contributed by atoms with Crippen LogP contribution >= 0.6 is 0 Å². The summed E-state index contributed by atoms with van der Waals surface area (Å²) in [6.07, 6.45) is 2.73. The second-order valence-corrected chi connectivity index (χ2v) is 8.27. The highest BCUT2D eigenvalue weighted by atomic mass is 32.2. The van der Waals surface area contributed by atoms with Crippen molar-refractivity contribution in [3.63, 3.8) is 0 Å². The maximum atomic E-state index is 12.5. The van der Waals surface area contributed by atoms with Crippen LogP contribution in [0.25, 0.3) is 0 Å². The lowest BCUT2D eigenvalue weighted by Gasteiger charge is -2.21. The predicted molar refractivity (Wildman–Crippen MR) is 92.3 cm³/mol. The summed E-state index contributed by atoms with van der Waals surface area (Å²) in [6, 6.07) is 4.73. The average Bonchev–Trinajstić information content (AvgIpc) is 3.31. The molecule has 0 aliphatic carbocycles. The molecule has 2 N–H and O–H groups in total. The van der Waals surface area contributed by atoms with E-state index >= 15 is 0 Å². The summed E-state index contributed by atoms with van der Waals surface area (Å²) in [5.41, 5.74) is 0.274. The number of hydrogen-bond donors (Lipinski definition) is 2. The van der Waals surface area contributed by atoms with Crippen LogP contribution in [-0.2, 0) is 19.6 Å². The van der Waals surface area contributed by atoms with Crippen LogP contribution in [0.5, 0.6) is 0 Å². The maximum absolute atomic E-state index is 12.5. The fourth-order valence-electron chi connectivity index (χ4n) is 3.30. The molecule has 1 amide bonds. The number of carboxylic acids is 1. The van der Waals surface area contributed by atoms with Gasteiger partial charge in [-0.1, -0.05) is 0 Å². The van der Waals surface area contributed by atoms with Gasteiger partial charge in [0.1, 0.15) is 6.04 Å². The number of nitrogens with one attached hydrogen (secondary N) is 1. The Morgan fingerprint density at radius 2 is 1.92 bits per heavy atom. The van der Waals surface area contributed by atoms with Crippen molar-refractivity contribution in [1.82, 2.24) is 9.62 Å². The summed E-state index contributed by atoms with van der Waals surface area (Å²) in [7, 11) is -3.68. The van der Waals surface area contributed by atoms with Gasteiger partial charge in [-0.05, 0) is 49.9 Å². The molecule has 2 aliphatic heterocycles. The molecule has 2 atom stereocenters. The van der Waals surface area contributed by atoms with Gasteiger partial charge in [-0.3, -0.25) is 4.79 Å². The Kier molecular flexibility index (Phi) is 5.59. The third kappa shape index (κ3) is 4.05. The third-order valence-electron chi connectivity index (χ3n) is 4.74. The lowest BCUT2D eigenvalue weighted by molar-refractivity contribution is -0.141. The van der Waals surface area contributed by atoms with Gasteiger partial charge in [-0.2, -0.15) is 0 Å². The molecule has 0 radical (unpaired) electrons. The fourth-order valence-corrected chi connectivity index (χ4v) is 4.37. The van der Waals surface area contributed by atoms with Crippen molar-refractivity contribution in [2.24, 2.45) is 0 Å². The lowest BCUT2D eigenvalue weighted by atomic mass is 10.1. The van der Waals surface area contributed by atoms with Gasteiger partial charge in [-0.15, -0.1) is 0 Å². The lowest BCUT2D eigenvalue weighted by Crippen LogP contribution is -2.40. The first-order chi connectivity index (χ1) is 12.4. The van der Waals surface area contributed by atoms with Gasteiger partial charge >= 0.3 is 5.97 Å². The normalized spacial score (nSPS) is 23.3. The number of hydrogen-bond acceptors (Lipinski definition) is 5. The summed E-state index contributed by atoms with van der Waals surface area (Å²) < 4.78 is 32.6. The Balaban J connectivity index is 1.67. The first-order valence-corrected chi connectivity index (χ1v) is 10.1. The van der Waals surface area contributed by atoms with E-state index in [1.54, 1.807) is 0 Å². The van der Waals surface area contributed by atoms with E-state index in [0.29, 0.717) is 26.0 Å². The number of amides is 1. The number of nitrogens with zero attached hydrogens (tertiary/aromatic N) is 1. The smallest absolute Gasteiger partial charge is 0.326 e. The number of aliphatic carboxylic acids is 1. The van der Waals surface area contributed by atoms with Crippen molar-refractivity contribution in [1.29, 1.82) is 0 Å². The predicted octanol–water partition coefficient (Wildman–Crippen LogP) is 0.833. The number of benzene rings is 1. The number of sulfonamides is 1. The summed E-state index contributed by atoms with van der Waals surface area (Å²) in [4.78, 5) is 25.1. The van der Waals surface area contributed by atoms with E-state index in [1.165, 1.54) is 29.2 Å². The molecule has 2 aliphatic rings. The van der Waals surface area contributed by atoms with Gasteiger partial charge in [0.15, 0.2) is 0 Å². The Morgan fingerprint density at radius 3 is 2.54 bits per heavy atom. The quantitative estimate of drug-likeness (QED) is 0.754. The van der Waals surface area contributed by atoms with Crippen LogP contribution in [0.3, 0.4) is 0 Å². The molecule has 2 heterocycles. The van der Waals surface area contributed by atoms with Gasteiger partial charge in [-0.25, -0.2) is 17.9 Å². The number of carbonyl (C=O) groups is 2. The molecule has 1 aromatic carbocycles. The molecule has 9 heteroatoms. The van der Waals surface area contributed by atoms with E-state index < -0.39 is 27.9 Å². The molecule has 0 bridgehead atoms. The van der Waals surface area contributed by atoms with E-state index in [1.807, 2.05) is 0 Å². The molecule has 2 unspecified atom stereocenters. The Labute approximate surface area is 152 Å². The molecular weight excluding hydrogens is 360 g/mol. The highest BCUT2D eigenvalue weighted by molar-refractivity contribution is 7.89. The first-order valence-electron chi connectivity index (χ1n) is 8.63. The highest BCUT2D eigenvalue weighted by Crippen LogP contribution is 2.21. The average molecular weight is 382 g/mol. The molecule has 2 saturated heterocycles. The monoisotopic (exact) mass is 382 g/mol. The third-order valence-corrected chi connectivity index (χ3v) is 6.17. The number of rotatable bonds is 6. The van der Waals surface area contributed by atoms with Crippen molar-refractivity contribution in [3.8, 4) is 0 Å². The second kappa shape index (κ2) is 7.73. The van der Waals surface area contributed by atoms with Crippen molar-refractivity contribution in [2.45, 2.75) is 42.7 Å².